The molecule has 0 N–H and O–H groups in total. The smallest absolute Gasteiger partial charge is 0.245 e. The van der Waals surface area contributed by atoms with Crippen molar-refractivity contribution in [2.45, 2.75) is 58.3 Å². The summed E-state index contributed by atoms with van der Waals surface area (Å²) in [5, 5.41) is 0. The number of allylic oxidation sites excluding steroid dienone is 1. The Morgan fingerprint density at radius 1 is 0.767 bits per heavy atom. The SMILES string of the molecule is CC(=O)C=CCC(C(=O)N(C)C(C)C(=O)N(C)C(C)C(=O)N(C)C(C)C=O)N(C)C. The standard InChI is InChI=1S/C21H36N4O5/c1-14(13-26)23(7)19(28)16(3)24(8)20(29)17(4)25(9)21(30)18(22(5)6)12-10-11-15(2)27/h10-11,13-14,16-18H,12H2,1-9H3. The number of amides is 3. The Bertz CT molecular complexity index is 676. The summed E-state index contributed by atoms with van der Waals surface area (Å²) in [7, 11) is 8.05. The van der Waals surface area contributed by atoms with Crippen LogP contribution in [0, 0.1) is 0 Å². The first-order valence-electron chi connectivity index (χ1n) is 9.86. The fraction of sp³-hybridized carbons (Fsp3) is 0.667. The van der Waals surface area contributed by atoms with Crippen LogP contribution in [0.15, 0.2) is 12.2 Å². The summed E-state index contributed by atoms with van der Waals surface area (Å²) in [6.45, 7) is 6.21. The van der Waals surface area contributed by atoms with Crippen molar-refractivity contribution in [1.82, 2.24) is 19.6 Å². The molecule has 0 rings (SSSR count). The van der Waals surface area contributed by atoms with Crippen LogP contribution in [0.4, 0.5) is 0 Å². The zero-order valence-electron chi connectivity index (χ0n) is 19.6. The van der Waals surface area contributed by atoms with Crippen molar-refractivity contribution in [1.29, 1.82) is 0 Å². The number of aldehydes is 1. The lowest BCUT2D eigenvalue weighted by Crippen LogP contribution is -2.56. The van der Waals surface area contributed by atoms with E-state index >= 15 is 0 Å². The molecule has 170 valence electrons. The molecular weight excluding hydrogens is 388 g/mol. The third-order valence-electron chi connectivity index (χ3n) is 5.35. The maximum absolute atomic E-state index is 12.9. The first-order chi connectivity index (χ1) is 13.8. The fourth-order valence-corrected chi connectivity index (χ4v) is 2.72. The third-order valence-corrected chi connectivity index (χ3v) is 5.35. The topological polar surface area (TPSA) is 98.3 Å². The minimum Gasteiger partial charge on any atom is -0.335 e. The number of ketones is 1. The van der Waals surface area contributed by atoms with Gasteiger partial charge in [-0.3, -0.25) is 24.1 Å². The second kappa shape index (κ2) is 12.2. The first kappa shape index (κ1) is 27.5. The molecule has 3 amide bonds. The van der Waals surface area contributed by atoms with Crippen LogP contribution in [0.2, 0.25) is 0 Å². The van der Waals surface area contributed by atoms with Crippen LogP contribution in [0.25, 0.3) is 0 Å². The normalized spacial score (nSPS) is 15.3. The molecule has 0 bridgehead atoms. The van der Waals surface area contributed by atoms with Crippen LogP contribution in [0.5, 0.6) is 0 Å². The van der Waals surface area contributed by atoms with Crippen LogP contribution in [-0.2, 0) is 24.0 Å². The highest BCUT2D eigenvalue weighted by Crippen LogP contribution is 2.12. The molecule has 0 aromatic rings. The Balaban J connectivity index is 5.32. The van der Waals surface area contributed by atoms with Gasteiger partial charge in [-0.25, -0.2) is 0 Å². The summed E-state index contributed by atoms with van der Waals surface area (Å²) in [6.07, 6.45) is 4.04. The average molecular weight is 425 g/mol. The van der Waals surface area contributed by atoms with E-state index in [1.54, 1.807) is 45.8 Å². The van der Waals surface area contributed by atoms with Crippen molar-refractivity contribution in [3.63, 3.8) is 0 Å². The van der Waals surface area contributed by atoms with E-state index in [9.17, 15) is 24.0 Å². The number of nitrogens with zero attached hydrogens (tertiary/aromatic N) is 4. The molecule has 4 atom stereocenters. The molecule has 9 nitrogen and oxygen atoms in total. The summed E-state index contributed by atoms with van der Waals surface area (Å²) < 4.78 is 0. The van der Waals surface area contributed by atoms with E-state index < -0.39 is 30.1 Å². The summed E-state index contributed by atoms with van der Waals surface area (Å²) in [4.78, 5) is 66.1. The number of rotatable bonds is 11. The zero-order valence-corrected chi connectivity index (χ0v) is 19.6. The van der Waals surface area contributed by atoms with Crippen molar-refractivity contribution in [2.75, 3.05) is 35.2 Å². The highest BCUT2D eigenvalue weighted by Gasteiger charge is 2.34. The van der Waals surface area contributed by atoms with E-state index in [1.807, 2.05) is 0 Å². The lowest BCUT2D eigenvalue weighted by atomic mass is 10.1. The van der Waals surface area contributed by atoms with E-state index in [0.29, 0.717) is 12.7 Å². The molecule has 0 radical (unpaired) electrons. The molecule has 0 aliphatic carbocycles. The van der Waals surface area contributed by atoms with E-state index in [2.05, 4.69) is 0 Å². The predicted molar refractivity (Wildman–Crippen MR) is 115 cm³/mol. The van der Waals surface area contributed by atoms with Crippen LogP contribution in [-0.4, -0.2) is 109 Å². The quantitative estimate of drug-likeness (QED) is 0.347. The van der Waals surface area contributed by atoms with E-state index in [-0.39, 0.29) is 17.6 Å². The highest BCUT2D eigenvalue weighted by molar-refractivity contribution is 5.93. The average Bonchev–Trinajstić information content (AvgIpc) is 2.71. The number of hydrogen-bond donors (Lipinski definition) is 0. The van der Waals surface area contributed by atoms with Crippen molar-refractivity contribution >= 4 is 29.8 Å². The van der Waals surface area contributed by atoms with Gasteiger partial charge in [0, 0.05) is 21.1 Å². The van der Waals surface area contributed by atoms with Gasteiger partial charge >= 0.3 is 0 Å². The van der Waals surface area contributed by atoms with Crippen molar-refractivity contribution in [3.8, 4) is 0 Å². The molecule has 0 saturated heterocycles. The van der Waals surface area contributed by atoms with Crippen LogP contribution >= 0.6 is 0 Å². The Morgan fingerprint density at radius 3 is 1.60 bits per heavy atom. The number of hydrogen-bond acceptors (Lipinski definition) is 6. The summed E-state index contributed by atoms with van der Waals surface area (Å²) in [5.74, 6) is -1.14. The molecule has 30 heavy (non-hydrogen) atoms. The zero-order chi connectivity index (χ0) is 23.8. The van der Waals surface area contributed by atoms with E-state index in [1.165, 1.54) is 48.8 Å². The molecule has 0 aromatic carbocycles. The molecule has 9 heteroatoms. The second-order valence-corrected chi connectivity index (χ2v) is 7.80. The summed E-state index contributed by atoms with van der Waals surface area (Å²) in [5.41, 5.74) is 0. The number of carbonyl (C=O) groups is 5. The Hall–Kier alpha value is -2.55. The molecule has 0 heterocycles. The van der Waals surface area contributed by atoms with Gasteiger partial charge in [-0.05, 0) is 54.3 Å². The molecule has 0 aliphatic rings. The highest BCUT2D eigenvalue weighted by atomic mass is 16.2. The summed E-state index contributed by atoms with van der Waals surface area (Å²) in [6, 6.07) is -2.73. The third kappa shape index (κ3) is 7.37. The van der Waals surface area contributed by atoms with E-state index in [0.717, 1.165) is 0 Å². The van der Waals surface area contributed by atoms with Gasteiger partial charge in [0.2, 0.25) is 17.7 Å². The second-order valence-electron chi connectivity index (χ2n) is 7.80. The fourth-order valence-electron chi connectivity index (χ4n) is 2.72. The number of carbonyl (C=O) groups excluding carboxylic acids is 5. The molecule has 0 aromatic heterocycles. The Kier molecular flexibility index (Phi) is 11.2. The molecule has 0 saturated carbocycles. The minimum absolute atomic E-state index is 0.106. The predicted octanol–water partition coefficient (Wildman–Crippen LogP) is 0.192. The van der Waals surface area contributed by atoms with Crippen molar-refractivity contribution in [3.05, 3.63) is 12.2 Å². The van der Waals surface area contributed by atoms with Gasteiger partial charge < -0.3 is 19.5 Å². The molecular formula is C21H36N4O5. The van der Waals surface area contributed by atoms with Gasteiger partial charge in [-0.15, -0.1) is 0 Å². The molecule has 0 aliphatic heterocycles. The Morgan fingerprint density at radius 2 is 1.20 bits per heavy atom. The van der Waals surface area contributed by atoms with Gasteiger partial charge in [0.15, 0.2) is 5.78 Å². The van der Waals surface area contributed by atoms with Gasteiger partial charge in [0.25, 0.3) is 0 Å². The molecule has 4 unspecified atom stereocenters. The first-order valence-corrected chi connectivity index (χ1v) is 9.86. The van der Waals surface area contributed by atoms with Crippen LogP contribution in [0.1, 0.15) is 34.1 Å². The lowest BCUT2D eigenvalue weighted by Gasteiger charge is -2.35. The van der Waals surface area contributed by atoms with Crippen LogP contribution < -0.4 is 0 Å². The summed E-state index contributed by atoms with van der Waals surface area (Å²) >= 11 is 0. The van der Waals surface area contributed by atoms with Gasteiger partial charge in [0.05, 0.1) is 12.1 Å². The largest absolute Gasteiger partial charge is 0.335 e. The van der Waals surface area contributed by atoms with Gasteiger partial charge in [-0.1, -0.05) is 6.08 Å². The molecule has 0 spiro atoms. The van der Waals surface area contributed by atoms with Gasteiger partial charge in [0.1, 0.15) is 18.4 Å². The van der Waals surface area contributed by atoms with E-state index in [4.69, 9.17) is 0 Å². The maximum atomic E-state index is 12.9. The van der Waals surface area contributed by atoms with Crippen molar-refractivity contribution < 1.29 is 24.0 Å². The minimum atomic E-state index is -0.800. The monoisotopic (exact) mass is 424 g/mol. The van der Waals surface area contributed by atoms with Gasteiger partial charge in [-0.2, -0.15) is 0 Å². The maximum Gasteiger partial charge on any atom is 0.245 e. The molecule has 0 fully saturated rings. The lowest BCUT2D eigenvalue weighted by molar-refractivity contribution is -0.150. The van der Waals surface area contributed by atoms with Crippen molar-refractivity contribution in [2.24, 2.45) is 0 Å². The number of likely N-dealkylation sites (N-methyl/N-ethyl adjacent to an activating group) is 4. The Labute approximate surface area is 179 Å². The van der Waals surface area contributed by atoms with Crippen LogP contribution in [0.3, 0.4) is 0 Å².